The SMILES string of the molecule is CCOc1cc(CNCCC2CC2)ccc1O. The van der Waals surface area contributed by atoms with Gasteiger partial charge in [-0.05, 0) is 43.5 Å². The van der Waals surface area contributed by atoms with Crippen molar-refractivity contribution in [3.63, 3.8) is 0 Å². The number of rotatable bonds is 7. The van der Waals surface area contributed by atoms with Crippen molar-refractivity contribution in [1.82, 2.24) is 5.32 Å². The normalized spacial score (nSPS) is 14.9. The summed E-state index contributed by atoms with van der Waals surface area (Å²) in [6, 6.07) is 5.54. The Morgan fingerprint density at radius 2 is 2.24 bits per heavy atom. The monoisotopic (exact) mass is 235 g/mol. The van der Waals surface area contributed by atoms with Crippen LogP contribution in [0.15, 0.2) is 18.2 Å². The van der Waals surface area contributed by atoms with Crippen molar-refractivity contribution in [2.45, 2.75) is 32.7 Å². The zero-order valence-corrected chi connectivity index (χ0v) is 10.4. The molecule has 0 saturated heterocycles. The number of nitrogens with one attached hydrogen (secondary N) is 1. The Balaban J connectivity index is 1.79. The summed E-state index contributed by atoms with van der Waals surface area (Å²) in [4.78, 5) is 0. The van der Waals surface area contributed by atoms with E-state index in [0.29, 0.717) is 12.4 Å². The predicted octanol–water partition coefficient (Wildman–Crippen LogP) is 2.68. The smallest absolute Gasteiger partial charge is 0.161 e. The molecule has 3 nitrogen and oxygen atoms in total. The van der Waals surface area contributed by atoms with Crippen molar-refractivity contribution < 1.29 is 9.84 Å². The molecule has 1 fully saturated rings. The largest absolute Gasteiger partial charge is 0.504 e. The second-order valence-electron chi connectivity index (χ2n) is 4.64. The molecule has 1 aliphatic rings. The number of aromatic hydroxyl groups is 1. The first-order valence-electron chi connectivity index (χ1n) is 6.45. The maximum absolute atomic E-state index is 9.57. The molecule has 1 saturated carbocycles. The van der Waals surface area contributed by atoms with Gasteiger partial charge >= 0.3 is 0 Å². The quantitative estimate of drug-likeness (QED) is 0.714. The second kappa shape index (κ2) is 5.92. The van der Waals surface area contributed by atoms with E-state index in [-0.39, 0.29) is 5.75 Å². The lowest BCUT2D eigenvalue weighted by Gasteiger charge is -2.09. The van der Waals surface area contributed by atoms with Crippen LogP contribution in [0, 0.1) is 5.92 Å². The lowest BCUT2D eigenvalue weighted by atomic mass is 10.2. The molecule has 0 aromatic heterocycles. The van der Waals surface area contributed by atoms with Gasteiger partial charge in [0.2, 0.25) is 0 Å². The van der Waals surface area contributed by atoms with E-state index in [0.717, 1.165) is 24.6 Å². The maximum atomic E-state index is 9.57. The first-order valence-corrected chi connectivity index (χ1v) is 6.45. The number of ether oxygens (including phenoxy) is 1. The molecule has 0 spiro atoms. The van der Waals surface area contributed by atoms with Crippen LogP contribution >= 0.6 is 0 Å². The molecular formula is C14H21NO2. The first kappa shape index (κ1) is 12.2. The third-order valence-electron chi connectivity index (χ3n) is 3.08. The summed E-state index contributed by atoms with van der Waals surface area (Å²) in [6.07, 6.45) is 4.11. The van der Waals surface area contributed by atoms with Crippen molar-refractivity contribution in [2.75, 3.05) is 13.2 Å². The number of phenols is 1. The third-order valence-corrected chi connectivity index (χ3v) is 3.08. The lowest BCUT2D eigenvalue weighted by molar-refractivity contribution is 0.317. The fourth-order valence-electron chi connectivity index (χ4n) is 1.89. The molecule has 0 heterocycles. The first-order chi connectivity index (χ1) is 8.29. The van der Waals surface area contributed by atoms with E-state index in [1.165, 1.54) is 19.3 Å². The Morgan fingerprint density at radius 1 is 1.41 bits per heavy atom. The summed E-state index contributed by atoms with van der Waals surface area (Å²) in [7, 11) is 0. The van der Waals surface area contributed by atoms with E-state index in [1.54, 1.807) is 6.07 Å². The molecule has 0 aliphatic heterocycles. The summed E-state index contributed by atoms with van der Waals surface area (Å²) in [6.45, 7) is 4.41. The van der Waals surface area contributed by atoms with Crippen LogP contribution < -0.4 is 10.1 Å². The van der Waals surface area contributed by atoms with Crippen molar-refractivity contribution in [3.8, 4) is 11.5 Å². The van der Waals surface area contributed by atoms with Crippen molar-refractivity contribution in [3.05, 3.63) is 23.8 Å². The molecule has 1 aromatic rings. The van der Waals surface area contributed by atoms with Crippen molar-refractivity contribution >= 4 is 0 Å². The van der Waals surface area contributed by atoms with E-state index >= 15 is 0 Å². The number of hydrogen-bond acceptors (Lipinski definition) is 3. The van der Waals surface area contributed by atoms with Gasteiger partial charge in [0, 0.05) is 6.54 Å². The van der Waals surface area contributed by atoms with E-state index in [1.807, 2.05) is 19.1 Å². The average molecular weight is 235 g/mol. The molecule has 0 atom stereocenters. The number of benzene rings is 1. The van der Waals surface area contributed by atoms with E-state index in [4.69, 9.17) is 4.74 Å². The zero-order chi connectivity index (χ0) is 12.1. The summed E-state index contributed by atoms with van der Waals surface area (Å²) in [5, 5.41) is 13.0. The highest BCUT2D eigenvalue weighted by Gasteiger charge is 2.19. The average Bonchev–Trinajstić information content (AvgIpc) is 3.13. The molecule has 17 heavy (non-hydrogen) atoms. The van der Waals surface area contributed by atoms with E-state index < -0.39 is 0 Å². The van der Waals surface area contributed by atoms with Gasteiger partial charge in [0.25, 0.3) is 0 Å². The van der Waals surface area contributed by atoms with Gasteiger partial charge in [-0.2, -0.15) is 0 Å². The lowest BCUT2D eigenvalue weighted by Crippen LogP contribution is -2.15. The van der Waals surface area contributed by atoms with Gasteiger partial charge in [0.1, 0.15) is 0 Å². The van der Waals surface area contributed by atoms with Crippen LogP contribution in [0.4, 0.5) is 0 Å². The van der Waals surface area contributed by atoms with Crippen molar-refractivity contribution in [1.29, 1.82) is 0 Å². The van der Waals surface area contributed by atoms with Crippen LogP contribution in [0.3, 0.4) is 0 Å². The Bertz CT molecular complexity index is 361. The Hall–Kier alpha value is -1.22. The highest BCUT2D eigenvalue weighted by molar-refractivity contribution is 5.41. The molecule has 0 radical (unpaired) electrons. The molecular weight excluding hydrogens is 214 g/mol. The van der Waals surface area contributed by atoms with Gasteiger partial charge in [0.05, 0.1) is 6.61 Å². The maximum Gasteiger partial charge on any atom is 0.161 e. The van der Waals surface area contributed by atoms with Gasteiger partial charge in [-0.15, -0.1) is 0 Å². The third kappa shape index (κ3) is 3.93. The summed E-state index contributed by atoms with van der Waals surface area (Å²) < 4.78 is 5.35. The molecule has 94 valence electrons. The van der Waals surface area contributed by atoms with Gasteiger partial charge < -0.3 is 15.2 Å². The minimum Gasteiger partial charge on any atom is -0.504 e. The summed E-state index contributed by atoms with van der Waals surface area (Å²) in [5.41, 5.74) is 1.15. The Labute approximate surface area is 103 Å². The molecule has 0 bridgehead atoms. The van der Waals surface area contributed by atoms with Gasteiger partial charge in [-0.25, -0.2) is 0 Å². The van der Waals surface area contributed by atoms with E-state index in [2.05, 4.69) is 5.32 Å². The molecule has 2 N–H and O–H groups in total. The fourth-order valence-corrected chi connectivity index (χ4v) is 1.89. The molecule has 1 aliphatic carbocycles. The fraction of sp³-hybridized carbons (Fsp3) is 0.571. The minimum atomic E-state index is 0.216. The molecule has 1 aromatic carbocycles. The summed E-state index contributed by atoms with van der Waals surface area (Å²) >= 11 is 0. The molecule has 0 amide bonds. The van der Waals surface area contributed by atoms with Crippen LogP contribution in [-0.2, 0) is 6.54 Å². The van der Waals surface area contributed by atoms with Crippen LogP contribution in [0.25, 0.3) is 0 Å². The molecule has 2 rings (SSSR count). The van der Waals surface area contributed by atoms with Gasteiger partial charge in [-0.3, -0.25) is 0 Å². The number of phenolic OH excluding ortho intramolecular Hbond substituents is 1. The molecule has 0 unspecified atom stereocenters. The highest BCUT2D eigenvalue weighted by atomic mass is 16.5. The topological polar surface area (TPSA) is 41.5 Å². The van der Waals surface area contributed by atoms with Crippen LogP contribution in [0.2, 0.25) is 0 Å². The zero-order valence-electron chi connectivity index (χ0n) is 10.4. The van der Waals surface area contributed by atoms with Gasteiger partial charge in [0.15, 0.2) is 11.5 Å². The van der Waals surface area contributed by atoms with Crippen LogP contribution in [0.1, 0.15) is 31.7 Å². The Morgan fingerprint density at radius 3 is 2.94 bits per heavy atom. The summed E-state index contributed by atoms with van der Waals surface area (Å²) in [5.74, 6) is 1.77. The highest BCUT2D eigenvalue weighted by Crippen LogP contribution is 2.31. The minimum absolute atomic E-state index is 0.216. The standard InChI is InChI=1S/C14H21NO2/c1-2-17-14-9-12(5-6-13(14)16)10-15-8-7-11-3-4-11/h5-6,9,11,15-16H,2-4,7-8,10H2,1H3. The Kier molecular flexibility index (Phi) is 4.26. The molecule has 3 heteroatoms. The second-order valence-corrected chi connectivity index (χ2v) is 4.64. The van der Waals surface area contributed by atoms with Crippen LogP contribution in [-0.4, -0.2) is 18.3 Å². The van der Waals surface area contributed by atoms with Crippen molar-refractivity contribution in [2.24, 2.45) is 5.92 Å². The van der Waals surface area contributed by atoms with E-state index in [9.17, 15) is 5.11 Å². The predicted molar refractivity (Wildman–Crippen MR) is 68.3 cm³/mol. The van der Waals surface area contributed by atoms with Gasteiger partial charge in [-0.1, -0.05) is 18.9 Å². The van der Waals surface area contributed by atoms with Crippen LogP contribution in [0.5, 0.6) is 11.5 Å². The number of hydrogen-bond donors (Lipinski definition) is 2.